The molecule has 1 aliphatic rings. The van der Waals surface area contributed by atoms with Crippen molar-refractivity contribution in [2.75, 3.05) is 5.32 Å². The van der Waals surface area contributed by atoms with Crippen LogP contribution < -0.4 is 10.6 Å². The molecule has 1 fully saturated rings. The molecule has 0 spiro atoms. The Bertz CT molecular complexity index is 825. The zero-order valence-electron chi connectivity index (χ0n) is 13.7. The second kappa shape index (κ2) is 7.23. The number of anilines is 1. The van der Waals surface area contributed by atoms with Crippen molar-refractivity contribution in [2.45, 2.75) is 19.9 Å². The predicted octanol–water partition coefficient (Wildman–Crippen LogP) is 3.68. The summed E-state index contributed by atoms with van der Waals surface area (Å²) in [5.41, 5.74) is 1.86. The maximum atomic E-state index is 13.5. The van der Waals surface area contributed by atoms with Gasteiger partial charge in [-0.3, -0.25) is 9.59 Å². The molecule has 25 heavy (non-hydrogen) atoms. The minimum absolute atomic E-state index is 0.115. The lowest BCUT2D eigenvalue weighted by atomic mass is 10.2. The van der Waals surface area contributed by atoms with Crippen LogP contribution in [-0.2, 0) is 16.1 Å². The molecule has 0 aliphatic heterocycles. The Morgan fingerprint density at radius 1 is 1.12 bits per heavy atom. The van der Waals surface area contributed by atoms with Crippen LogP contribution in [-0.4, -0.2) is 11.8 Å². The molecule has 1 saturated carbocycles. The summed E-state index contributed by atoms with van der Waals surface area (Å²) < 4.78 is 13.5. The first-order valence-electron chi connectivity index (χ1n) is 8.04. The van der Waals surface area contributed by atoms with Crippen LogP contribution in [0.2, 0.25) is 5.02 Å². The summed E-state index contributed by atoms with van der Waals surface area (Å²) in [6, 6.07) is 11.6. The maximum Gasteiger partial charge on any atom is 0.228 e. The molecule has 2 N–H and O–H groups in total. The summed E-state index contributed by atoms with van der Waals surface area (Å²) in [6.45, 7) is 1.94. The third-order valence-corrected chi connectivity index (χ3v) is 4.81. The number of rotatable bonds is 5. The Labute approximate surface area is 150 Å². The first kappa shape index (κ1) is 17.4. The molecular weight excluding hydrogens is 343 g/mol. The van der Waals surface area contributed by atoms with Crippen molar-refractivity contribution in [2.24, 2.45) is 11.8 Å². The van der Waals surface area contributed by atoms with E-state index in [1.54, 1.807) is 36.4 Å². The molecule has 3 rings (SSSR count). The van der Waals surface area contributed by atoms with Crippen molar-refractivity contribution in [1.29, 1.82) is 0 Å². The summed E-state index contributed by atoms with van der Waals surface area (Å²) in [5, 5.41) is 6.08. The van der Waals surface area contributed by atoms with E-state index in [9.17, 15) is 14.0 Å². The van der Waals surface area contributed by atoms with E-state index in [0.29, 0.717) is 22.7 Å². The minimum atomic E-state index is -0.369. The molecule has 0 aromatic heterocycles. The number of carbonyl (C=O) groups excluding carboxylic acids is 2. The second-order valence-corrected chi connectivity index (χ2v) is 6.57. The van der Waals surface area contributed by atoms with Crippen molar-refractivity contribution in [3.63, 3.8) is 0 Å². The van der Waals surface area contributed by atoms with Gasteiger partial charge in [0, 0.05) is 22.8 Å². The van der Waals surface area contributed by atoms with Gasteiger partial charge in [0.05, 0.1) is 11.8 Å². The molecule has 130 valence electrons. The van der Waals surface area contributed by atoms with E-state index in [0.717, 1.165) is 5.56 Å². The molecule has 2 aromatic carbocycles. The van der Waals surface area contributed by atoms with Crippen LogP contribution >= 0.6 is 11.6 Å². The first-order chi connectivity index (χ1) is 12.0. The summed E-state index contributed by atoms with van der Waals surface area (Å²) in [6.07, 6.45) is 0.495. The van der Waals surface area contributed by atoms with E-state index < -0.39 is 0 Å². The van der Waals surface area contributed by atoms with Crippen LogP contribution in [0.4, 0.5) is 10.1 Å². The zero-order chi connectivity index (χ0) is 18.0. The molecule has 1 aliphatic carbocycles. The smallest absolute Gasteiger partial charge is 0.228 e. The molecule has 2 atom stereocenters. The van der Waals surface area contributed by atoms with Crippen molar-refractivity contribution in [1.82, 2.24) is 5.32 Å². The Kier molecular flexibility index (Phi) is 5.04. The standard InChI is InChI=1S/C19H18ClFN2O2/c1-11-15(20)6-4-8-17(11)23-19(25)14-9-13(14)18(24)22-10-12-5-2-3-7-16(12)21/h2-8,13-14H,9-10H2,1H3,(H,22,24)(H,23,25). The number of hydrogen-bond donors (Lipinski definition) is 2. The van der Waals surface area contributed by atoms with E-state index in [-0.39, 0.29) is 36.0 Å². The summed E-state index contributed by atoms with van der Waals surface area (Å²) in [5.74, 6) is -1.52. The van der Waals surface area contributed by atoms with Gasteiger partial charge in [0.25, 0.3) is 0 Å². The van der Waals surface area contributed by atoms with Crippen molar-refractivity contribution in [3.05, 3.63) is 64.4 Å². The number of amides is 2. The maximum absolute atomic E-state index is 13.5. The fraction of sp³-hybridized carbons (Fsp3) is 0.263. The quantitative estimate of drug-likeness (QED) is 0.854. The molecule has 0 bridgehead atoms. The largest absolute Gasteiger partial charge is 0.352 e. The van der Waals surface area contributed by atoms with Gasteiger partial charge in [0.15, 0.2) is 0 Å². The van der Waals surface area contributed by atoms with Crippen LogP contribution in [0.1, 0.15) is 17.5 Å². The average Bonchev–Trinajstić information content (AvgIpc) is 3.39. The fourth-order valence-electron chi connectivity index (χ4n) is 2.70. The van der Waals surface area contributed by atoms with E-state index in [4.69, 9.17) is 11.6 Å². The van der Waals surface area contributed by atoms with Crippen molar-refractivity contribution in [3.8, 4) is 0 Å². The molecule has 0 saturated heterocycles. The van der Waals surface area contributed by atoms with Crippen LogP contribution in [0.5, 0.6) is 0 Å². The highest BCUT2D eigenvalue weighted by Gasteiger charge is 2.48. The zero-order valence-corrected chi connectivity index (χ0v) is 14.4. The third-order valence-electron chi connectivity index (χ3n) is 4.40. The Balaban J connectivity index is 1.53. The normalized spacial score (nSPS) is 18.5. The fourth-order valence-corrected chi connectivity index (χ4v) is 2.87. The lowest BCUT2D eigenvalue weighted by Crippen LogP contribution is -2.27. The van der Waals surface area contributed by atoms with Gasteiger partial charge < -0.3 is 10.6 Å². The highest BCUT2D eigenvalue weighted by molar-refractivity contribution is 6.31. The monoisotopic (exact) mass is 360 g/mol. The molecular formula is C19H18ClFN2O2. The van der Waals surface area contributed by atoms with E-state index in [1.807, 2.05) is 6.92 Å². The molecule has 4 nitrogen and oxygen atoms in total. The molecule has 2 aromatic rings. The third kappa shape index (κ3) is 3.99. The van der Waals surface area contributed by atoms with Crippen LogP contribution in [0.3, 0.4) is 0 Å². The summed E-state index contributed by atoms with van der Waals surface area (Å²) in [7, 11) is 0. The first-order valence-corrected chi connectivity index (χ1v) is 8.42. The Morgan fingerprint density at radius 3 is 2.60 bits per heavy atom. The lowest BCUT2D eigenvalue weighted by molar-refractivity contribution is -0.125. The van der Waals surface area contributed by atoms with Gasteiger partial charge >= 0.3 is 0 Å². The van der Waals surface area contributed by atoms with Crippen LogP contribution in [0, 0.1) is 24.6 Å². The number of benzene rings is 2. The van der Waals surface area contributed by atoms with E-state index in [2.05, 4.69) is 10.6 Å². The summed E-state index contributed by atoms with van der Waals surface area (Å²) in [4.78, 5) is 24.4. The van der Waals surface area contributed by atoms with Gasteiger partial charge in [-0.25, -0.2) is 4.39 Å². The number of carbonyl (C=O) groups is 2. The minimum Gasteiger partial charge on any atom is -0.352 e. The molecule has 6 heteroatoms. The highest BCUT2D eigenvalue weighted by atomic mass is 35.5. The SMILES string of the molecule is Cc1c(Cl)cccc1NC(=O)C1CC1C(=O)NCc1ccccc1F. The predicted molar refractivity (Wildman–Crippen MR) is 94.7 cm³/mol. The van der Waals surface area contributed by atoms with Gasteiger partial charge in [-0.1, -0.05) is 35.9 Å². The van der Waals surface area contributed by atoms with Gasteiger partial charge in [0.2, 0.25) is 11.8 Å². The van der Waals surface area contributed by atoms with E-state index >= 15 is 0 Å². The second-order valence-electron chi connectivity index (χ2n) is 6.16. The Morgan fingerprint density at radius 2 is 1.84 bits per heavy atom. The Hall–Kier alpha value is -2.40. The highest BCUT2D eigenvalue weighted by Crippen LogP contribution is 2.40. The van der Waals surface area contributed by atoms with Crippen LogP contribution in [0.25, 0.3) is 0 Å². The number of nitrogens with one attached hydrogen (secondary N) is 2. The number of hydrogen-bond acceptors (Lipinski definition) is 2. The lowest BCUT2D eigenvalue weighted by Gasteiger charge is -2.09. The average molecular weight is 361 g/mol. The van der Waals surface area contributed by atoms with Gasteiger partial charge in [-0.05, 0) is 37.1 Å². The molecule has 2 unspecified atom stereocenters. The van der Waals surface area contributed by atoms with Gasteiger partial charge in [-0.2, -0.15) is 0 Å². The topological polar surface area (TPSA) is 58.2 Å². The van der Waals surface area contributed by atoms with Gasteiger partial charge in [0.1, 0.15) is 5.82 Å². The molecule has 2 amide bonds. The van der Waals surface area contributed by atoms with E-state index in [1.165, 1.54) is 6.07 Å². The van der Waals surface area contributed by atoms with Crippen molar-refractivity contribution < 1.29 is 14.0 Å². The number of halogens is 2. The van der Waals surface area contributed by atoms with Crippen molar-refractivity contribution >= 4 is 29.1 Å². The summed E-state index contributed by atoms with van der Waals surface area (Å²) >= 11 is 6.04. The van der Waals surface area contributed by atoms with Gasteiger partial charge in [-0.15, -0.1) is 0 Å². The molecule has 0 heterocycles. The molecule has 0 radical (unpaired) electrons. The van der Waals surface area contributed by atoms with Crippen LogP contribution in [0.15, 0.2) is 42.5 Å².